The van der Waals surface area contributed by atoms with Gasteiger partial charge in [-0.2, -0.15) is 0 Å². The van der Waals surface area contributed by atoms with Crippen molar-refractivity contribution in [3.8, 4) is 22.6 Å². The molecule has 2 nitrogen and oxygen atoms in total. The molecular formula is C12H9ClO2. The van der Waals surface area contributed by atoms with Gasteiger partial charge in [0, 0.05) is 0 Å². The molecule has 0 saturated heterocycles. The van der Waals surface area contributed by atoms with Crippen LogP contribution in [0.25, 0.3) is 11.1 Å². The largest absolute Gasteiger partial charge is 0.508 e. The predicted octanol–water partition coefficient (Wildman–Crippen LogP) is 3.42. The van der Waals surface area contributed by atoms with Gasteiger partial charge in [0.2, 0.25) is 0 Å². The van der Waals surface area contributed by atoms with Crippen molar-refractivity contribution in [2.45, 2.75) is 0 Å². The van der Waals surface area contributed by atoms with Crippen LogP contribution in [0, 0.1) is 0 Å². The first kappa shape index (κ1) is 9.87. The van der Waals surface area contributed by atoms with Crippen LogP contribution < -0.4 is 0 Å². The summed E-state index contributed by atoms with van der Waals surface area (Å²) in [4.78, 5) is 0. The minimum atomic E-state index is 0.0561. The van der Waals surface area contributed by atoms with E-state index in [1.54, 1.807) is 30.3 Å². The molecule has 0 unspecified atom stereocenters. The Labute approximate surface area is 92.4 Å². The van der Waals surface area contributed by atoms with E-state index in [9.17, 15) is 10.2 Å². The van der Waals surface area contributed by atoms with E-state index in [0.29, 0.717) is 5.02 Å². The minimum Gasteiger partial charge on any atom is -0.508 e. The van der Waals surface area contributed by atoms with Crippen molar-refractivity contribution < 1.29 is 10.2 Å². The first-order chi connectivity index (χ1) is 7.16. The Balaban J connectivity index is 2.50. The van der Waals surface area contributed by atoms with Crippen LogP contribution in [0.15, 0.2) is 42.5 Å². The van der Waals surface area contributed by atoms with Crippen molar-refractivity contribution >= 4 is 11.6 Å². The van der Waals surface area contributed by atoms with E-state index in [4.69, 9.17) is 11.6 Å². The van der Waals surface area contributed by atoms with Crippen molar-refractivity contribution in [3.63, 3.8) is 0 Å². The van der Waals surface area contributed by atoms with Crippen LogP contribution in [0.5, 0.6) is 11.5 Å². The Bertz CT molecular complexity index is 495. The van der Waals surface area contributed by atoms with Gasteiger partial charge in [-0.25, -0.2) is 0 Å². The monoisotopic (exact) mass is 220 g/mol. The fourth-order valence-electron chi connectivity index (χ4n) is 1.37. The molecule has 0 aliphatic heterocycles. The van der Waals surface area contributed by atoms with Gasteiger partial charge in [0.25, 0.3) is 0 Å². The normalized spacial score (nSPS) is 10.2. The maximum Gasteiger partial charge on any atom is 0.134 e. The molecule has 0 aromatic heterocycles. The summed E-state index contributed by atoms with van der Waals surface area (Å²) in [6.07, 6.45) is 0. The molecule has 0 atom stereocenters. The third-order valence-corrected chi connectivity index (χ3v) is 2.43. The zero-order chi connectivity index (χ0) is 10.8. The molecular weight excluding hydrogens is 212 g/mol. The van der Waals surface area contributed by atoms with Crippen LogP contribution in [0.3, 0.4) is 0 Å². The number of aromatic hydroxyl groups is 2. The highest BCUT2D eigenvalue weighted by Crippen LogP contribution is 2.30. The van der Waals surface area contributed by atoms with Crippen molar-refractivity contribution in [3.05, 3.63) is 47.5 Å². The third-order valence-electron chi connectivity index (χ3n) is 2.13. The molecule has 0 radical (unpaired) electrons. The maximum absolute atomic E-state index is 9.32. The molecule has 0 amide bonds. The molecule has 0 aliphatic carbocycles. The quantitative estimate of drug-likeness (QED) is 0.773. The van der Waals surface area contributed by atoms with Crippen LogP contribution >= 0.6 is 11.6 Å². The molecule has 15 heavy (non-hydrogen) atoms. The van der Waals surface area contributed by atoms with Crippen molar-refractivity contribution in [1.82, 2.24) is 0 Å². The number of benzene rings is 2. The molecule has 0 heterocycles. The smallest absolute Gasteiger partial charge is 0.134 e. The lowest BCUT2D eigenvalue weighted by Crippen LogP contribution is -1.77. The first-order valence-corrected chi connectivity index (χ1v) is 4.82. The van der Waals surface area contributed by atoms with E-state index in [2.05, 4.69) is 0 Å². The Hall–Kier alpha value is -1.67. The molecule has 3 heteroatoms. The zero-order valence-electron chi connectivity index (χ0n) is 7.81. The fourth-order valence-corrected chi connectivity index (χ4v) is 1.55. The number of phenols is 2. The zero-order valence-corrected chi connectivity index (χ0v) is 8.57. The second-order valence-corrected chi connectivity index (χ2v) is 3.62. The molecule has 0 spiro atoms. The molecule has 2 rings (SSSR count). The van der Waals surface area contributed by atoms with E-state index in [1.165, 1.54) is 6.07 Å². The maximum atomic E-state index is 9.32. The average Bonchev–Trinajstić information content (AvgIpc) is 2.22. The van der Waals surface area contributed by atoms with E-state index >= 15 is 0 Å². The van der Waals surface area contributed by atoms with E-state index in [-0.39, 0.29) is 11.5 Å². The molecule has 76 valence electrons. The van der Waals surface area contributed by atoms with Crippen molar-refractivity contribution in [2.75, 3.05) is 0 Å². The van der Waals surface area contributed by atoms with Gasteiger partial charge < -0.3 is 10.2 Å². The lowest BCUT2D eigenvalue weighted by atomic mass is 10.1. The highest BCUT2D eigenvalue weighted by atomic mass is 35.5. The Kier molecular flexibility index (Phi) is 2.52. The summed E-state index contributed by atoms with van der Waals surface area (Å²) in [6, 6.07) is 11.8. The van der Waals surface area contributed by atoms with Gasteiger partial charge in [-0.05, 0) is 35.4 Å². The number of hydrogen-bond donors (Lipinski definition) is 2. The summed E-state index contributed by atoms with van der Waals surface area (Å²) >= 11 is 5.79. The van der Waals surface area contributed by atoms with E-state index < -0.39 is 0 Å². The third kappa shape index (κ3) is 2.05. The first-order valence-electron chi connectivity index (χ1n) is 4.45. The van der Waals surface area contributed by atoms with Crippen LogP contribution in [-0.2, 0) is 0 Å². The van der Waals surface area contributed by atoms with Gasteiger partial charge in [-0.15, -0.1) is 0 Å². The van der Waals surface area contributed by atoms with Gasteiger partial charge in [0.1, 0.15) is 11.5 Å². The highest BCUT2D eigenvalue weighted by Gasteiger charge is 2.02. The van der Waals surface area contributed by atoms with Crippen molar-refractivity contribution in [1.29, 1.82) is 0 Å². The molecule has 0 aliphatic rings. The SMILES string of the molecule is Oc1cccc(-c2ccc(O)c(Cl)c2)c1. The fraction of sp³-hybridized carbons (Fsp3) is 0. The predicted molar refractivity (Wildman–Crippen MR) is 60.2 cm³/mol. The summed E-state index contributed by atoms with van der Waals surface area (Å²) < 4.78 is 0. The van der Waals surface area contributed by atoms with Gasteiger partial charge >= 0.3 is 0 Å². The lowest BCUT2D eigenvalue weighted by Gasteiger charge is -2.03. The van der Waals surface area contributed by atoms with Crippen LogP contribution in [0.4, 0.5) is 0 Å². The molecule has 0 saturated carbocycles. The van der Waals surface area contributed by atoms with Gasteiger partial charge in [-0.1, -0.05) is 29.8 Å². The average molecular weight is 221 g/mol. The van der Waals surface area contributed by atoms with E-state index in [0.717, 1.165) is 11.1 Å². The Morgan fingerprint density at radius 3 is 2.27 bits per heavy atom. The summed E-state index contributed by atoms with van der Waals surface area (Å²) in [5.41, 5.74) is 1.71. The van der Waals surface area contributed by atoms with Crippen molar-refractivity contribution in [2.24, 2.45) is 0 Å². The lowest BCUT2D eigenvalue weighted by molar-refractivity contribution is 0.475. The highest BCUT2D eigenvalue weighted by molar-refractivity contribution is 6.32. The van der Waals surface area contributed by atoms with Crippen LogP contribution in [-0.4, -0.2) is 10.2 Å². The van der Waals surface area contributed by atoms with E-state index in [1.807, 2.05) is 6.07 Å². The van der Waals surface area contributed by atoms with Gasteiger partial charge in [-0.3, -0.25) is 0 Å². The Morgan fingerprint density at radius 2 is 1.60 bits per heavy atom. The molecule has 0 bridgehead atoms. The number of hydrogen-bond acceptors (Lipinski definition) is 2. The van der Waals surface area contributed by atoms with Crippen LogP contribution in [0.1, 0.15) is 0 Å². The summed E-state index contributed by atoms with van der Waals surface area (Å²) in [6.45, 7) is 0. The number of halogens is 1. The Morgan fingerprint density at radius 1 is 0.867 bits per heavy atom. The minimum absolute atomic E-state index is 0.0561. The molecule has 2 aromatic rings. The summed E-state index contributed by atoms with van der Waals surface area (Å²) in [5.74, 6) is 0.261. The molecule has 2 N–H and O–H groups in total. The number of rotatable bonds is 1. The summed E-state index contributed by atoms with van der Waals surface area (Å²) in [7, 11) is 0. The molecule has 0 fully saturated rings. The summed E-state index contributed by atoms with van der Waals surface area (Å²) in [5, 5.41) is 18.9. The standard InChI is InChI=1S/C12H9ClO2/c13-11-7-9(4-5-12(11)15)8-2-1-3-10(14)6-8/h1-7,14-15H. The number of phenolic OH excluding ortho intramolecular Hbond substituents is 2. The van der Waals surface area contributed by atoms with Gasteiger partial charge in [0.05, 0.1) is 5.02 Å². The second kappa shape index (κ2) is 3.83. The topological polar surface area (TPSA) is 40.5 Å². The second-order valence-electron chi connectivity index (χ2n) is 3.22. The van der Waals surface area contributed by atoms with Gasteiger partial charge in [0.15, 0.2) is 0 Å². The molecule has 2 aromatic carbocycles. The van der Waals surface area contributed by atoms with Crippen LogP contribution in [0.2, 0.25) is 5.02 Å².